The molecule has 0 radical (unpaired) electrons. The molecule has 9 heteroatoms. The largest absolute Gasteiger partial charge is 0.333 e. The maximum atomic E-state index is 13.7. The fourth-order valence-electron chi connectivity index (χ4n) is 1.43. The summed E-state index contributed by atoms with van der Waals surface area (Å²) in [5.74, 6) is -1.39. The molecule has 0 aliphatic heterocycles. The summed E-state index contributed by atoms with van der Waals surface area (Å²) >= 11 is 5.45. The van der Waals surface area contributed by atoms with Crippen molar-refractivity contribution in [3.05, 3.63) is 35.1 Å². The number of aromatic amines is 1. The van der Waals surface area contributed by atoms with E-state index < -0.39 is 11.6 Å². The van der Waals surface area contributed by atoms with Gasteiger partial charge in [0.2, 0.25) is 5.82 Å². The van der Waals surface area contributed by atoms with E-state index in [2.05, 4.69) is 25.3 Å². The van der Waals surface area contributed by atoms with Crippen molar-refractivity contribution in [1.82, 2.24) is 25.3 Å². The molecule has 2 aromatic heterocycles. The summed E-state index contributed by atoms with van der Waals surface area (Å²) < 4.78 is 31.8. The Morgan fingerprint density at radius 3 is 2.79 bits per heavy atom. The molecule has 96 valence electrons. The minimum absolute atomic E-state index is 0.0854. The van der Waals surface area contributed by atoms with E-state index in [4.69, 9.17) is 16.1 Å². The van der Waals surface area contributed by atoms with Gasteiger partial charge in [0.25, 0.3) is 5.89 Å². The highest BCUT2D eigenvalue weighted by molar-refractivity contribution is 6.30. The van der Waals surface area contributed by atoms with Gasteiger partial charge in [-0.1, -0.05) is 16.8 Å². The third-order valence-electron chi connectivity index (χ3n) is 2.29. The molecule has 0 saturated heterocycles. The van der Waals surface area contributed by atoms with Crippen LogP contribution in [0.3, 0.4) is 0 Å². The summed E-state index contributed by atoms with van der Waals surface area (Å²) in [6, 6.07) is 1.72. The SMILES string of the molecule is Fc1cc(-c2nc(-c3ncn[nH]3)no2)c(F)cc1Cl. The van der Waals surface area contributed by atoms with Crippen LogP contribution in [0.25, 0.3) is 23.1 Å². The second kappa shape index (κ2) is 4.39. The standard InChI is InChI=1S/C10H4ClF2N5O/c11-5-2-6(12)4(1-7(5)13)10-16-9(18-19-10)8-14-3-15-17-8/h1-3H,(H,14,15,17). The summed E-state index contributed by atoms with van der Waals surface area (Å²) in [6.45, 7) is 0. The summed E-state index contributed by atoms with van der Waals surface area (Å²) in [6.07, 6.45) is 1.26. The molecule has 0 atom stereocenters. The molecule has 2 heterocycles. The molecule has 0 bridgehead atoms. The highest BCUT2D eigenvalue weighted by atomic mass is 35.5. The number of nitrogens with one attached hydrogen (secondary N) is 1. The molecular weight excluding hydrogens is 280 g/mol. The minimum Gasteiger partial charge on any atom is -0.333 e. The van der Waals surface area contributed by atoms with E-state index in [0.29, 0.717) is 0 Å². The van der Waals surface area contributed by atoms with Gasteiger partial charge in [-0.25, -0.2) is 13.8 Å². The average Bonchev–Trinajstić information content (AvgIpc) is 3.03. The number of benzene rings is 1. The third kappa shape index (κ3) is 2.06. The Balaban J connectivity index is 2.06. The van der Waals surface area contributed by atoms with Crippen molar-refractivity contribution in [1.29, 1.82) is 0 Å². The molecule has 3 aromatic rings. The predicted molar refractivity (Wildman–Crippen MR) is 60.0 cm³/mol. The van der Waals surface area contributed by atoms with Gasteiger partial charge in [0, 0.05) is 0 Å². The van der Waals surface area contributed by atoms with Crippen LogP contribution in [0.2, 0.25) is 5.02 Å². The quantitative estimate of drug-likeness (QED) is 0.731. The first kappa shape index (κ1) is 11.7. The van der Waals surface area contributed by atoms with Crippen LogP contribution in [0.15, 0.2) is 23.0 Å². The Labute approximate surface area is 109 Å². The number of halogens is 3. The molecule has 0 saturated carbocycles. The van der Waals surface area contributed by atoms with Crippen molar-refractivity contribution >= 4 is 11.6 Å². The zero-order chi connectivity index (χ0) is 13.4. The molecule has 0 fully saturated rings. The second-order valence-corrected chi connectivity index (χ2v) is 3.91. The van der Waals surface area contributed by atoms with E-state index >= 15 is 0 Å². The van der Waals surface area contributed by atoms with E-state index in [9.17, 15) is 8.78 Å². The molecule has 1 aromatic carbocycles. The Morgan fingerprint density at radius 1 is 1.21 bits per heavy atom. The van der Waals surface area contributed by atoms with E-state index in [-0.39, 0.29) is 28.1 Å². The van der Waals surface area contributed by atoms with E-state index in [0.717, 1.165) is 12.1 Å². The fourth-order valence-corrected chi connectivity index (χ4v) is 1.58. The van der Waals surface area contributed by atoms with Crippen molar-refractivity contribution in [3.63, 3.8) is 0 Å². The zero-order valence-electron chi connectivity index (χ0n) is 9.06. The van der Waals surface area contributed by atoms with Crippen molar-refractivity contribution in [2.24, 2.45) is 0 Å². The Morgan fingerprint density at radius 2 is 2.05 bits per heavy atom. The molecule has 0 aliphatic rings. The number of aromatic nitrogens is 5. The highest BCUT2D eigenvalue weighted by Gasteiger charge is 2.18. The van der Waals surface area contributed by atoms with Crippen LogP contribution in [0, 0.1) is 11.6 Å². The van der Waals surface area contributed by atoms with E-state index in [1.807, 2.05) is 0 Å². The molecule has 0 aliphatic carbocycles. The highest BCUT2D eigenvalue weighted by Crippen LogP contribution is 2.27. The third-order valence-corrected chi connectivity index (χ3v) is 2.58. The maximum Gasteiger partial charge on any atom is 0.261 e. The molecule has 0 amide bonds. The Bertz CT molecular complexity index is 728. The number of rotatable bonds is 2. The Kier molecular flexibility index (Phi) is 2.71. The van der Waals surface area contributed by atoms with Crippen LogP contribution in [0.4, 0.5) is 8.78 Å². The van der Waals surface area contributed by atoms with Gasteiger partial charge < -0.3 is 4.52 Å². The van der Waals surface area contributed by atoms with E-state index in [1.165, 1.54) is 6.33 Å². The normalized spacial score (nSPS) is 10.9. The van der Waals surface area contributed by atoms with Crippen LogP contribution in [0.1, 0.15) is 0 Å². The molecule has 3 rings (SSSR count). The first-order chi connectivity index (χ1) is 9.15. The second-order valence-electron chi connectivity index (χ2n) is 3.50. The van der Waals surface area contributed by atoms with Gasteiger partial charge in [-0.05, 0) is 12.1 Å². The lowest BCUT2D eigenvalue weighted by molar-refractivity contribution is 0.429. The number of nitrogens with zero attached hydrogens (tertiary/aromatic N) is 4. The van der Waals surface area contributed by atoms with Crippen molar-refractivity contribution < 1.29 is 13.3 Å². The number of hydrogen-bond acceptors (Lipinski definition) is 5. The van der Waals surface area contributed by atoms with Gasteiger partial charge in [-0.15, -0.1) is 0 Å². The average molecular weight is 284 g/mol. The van der Waals surface area contributed by atoms with Crippen LogP contribution >= 0.6 is 11.6 Å². The first-order valence-electron chi connectivity index (χ1n) is 4.99. The molecular formula is C10H4ClF2N5O. The topological polar surface area (TPSA) is 80.5 Å². The monoisotopic (exact) mass is 283 g/mol. The summed E-state index contributed by atoms with van der Waals surface area (Å²) in [5.41, 5.74) is -0.180. The lowest BCUT2D eigenvalue weighted by Crippen LogP contribution is -1.89. The molecule has 6 nitrogen and oxygen atoms in total. The predicted octanol–water partition coefficient (Wildman–Crippen LogP) is 2.45. The maximum absolute atomic E-state index is 13.7. The Hall–Kier alpha value is -2.35. The van der Waals surface area contributed by atoms with Gasteiger partial charge in [0.1, 0.15) is 18.0 Å². The van der Waals surface area contributed by atoms with Crippen molar-refractivity contribution in [3.8, 4) is 23.1 Å². The van der Waals surface area contributed by atoms with Gasteiger partial charge in [-0.2, -0.15) is 10.1 Å². The van der Waals surface area contributed by atoms with Crippen LogP contribution in [-0.2, 0) is 0 Å². The molecule has 0 unspecified atom stereocenters. The van der Waals surface area contributed by atoms with Gasteiger partial charge >= 0.3 is 0 Å². The van der Waals surface area contributed by atoms with Gasteiger partial charge in [0.05, 0.1) is 10.6 Å². The molecule has 19 heavy (non-hydrogen) atoms. The smallest absolute Gasteiger partial charge is 0.261 e. The summed E-state index contributed by atoms with van der Waals surface area (Å²) in [5, 5.41) is 9.40. The van der Waals surface area contributed by atoms with Crippen molar-refractivity contribution in [2.45, 2.75) is 0 Å². The van der Waals surface area contributed by atoms with Crippen LogP contribution in [0.5, 0.6) is 0 Å². The number of H-pyrrole nitrogens is 1. The van der Waals surface area contributed by atoms with Gasteiger partial charge in [0.15, 0.2) is 5.82 Å². The lowest BCUT2D eigenvalue weighted by Gasteiger charge is -1.99. The van der Waals surface area contributed by atoms with Gasteiger partial charge in [-0.3, -0.25) is 5.10 Å². The molecule has 0 spiro atoms. The van der Waals surface area contributed by atoms with Crippen LogP contribution in [-0.4, -0.2) is 25.3 Å². The summed E-state index contributed by atoms with van der Waals surface area (Å²) in [7, 11) is 0. The first-order valence-corrected chi connectivity index (χ1v) is 5.37. The minimum atomic E-state index is -0.780. The van der Waals surface area contributed by atoms with Crippen LogP contribution < -0.4 is 0 Å². The zero-order valence-corrected chi connectivity index (χ0v) is 9.82. The van der Waals surface area contributed by atoms with Crippen molar-refractivity contribution in [2.75, 3.05) is 0 Å². The summed E-state index contributed by atoms with van der Waals surface area (Å²) in [4.78, 5) is 7.70. The fraction of sp³-hybridized carbons (Fsp3) is 0. The lowest BCUT2D eigenvalue weighted by atomic mass is 10.2. The molecule has 1 N–H and O–H groups in total. The van der Waals surface area contributed by atoms with E-state index in [1.54, 1.807) is 0 Å². The number of hydrogen-bond donors (Lipinski definition) is 1.